The highest BCUT2D eigenvalue weighted by Crippen LogP contribution is 2.17. The third-order valence-corrected chi connectivity index (χ3v) is 3.99. The summed E-state index contributed by atoms with van der Waals surface area (Å²) in [6, 6.07) is 8.18. The van der Waals surface area contributed by atoms with Gasteiger partial charge in [0.1, 0.15) is 4.71 Å². The quantitative estimate of drug-likeness (QED) is 0.691. The van der Waals surface area contributed by atoms with Crippen LogP contribution in [0.2, 0.25) is 0 Å². The van der Waals surface area contributed by atoms with Gasteiger partial charge < -0.3 is 0 Å². The van der Waals surface area contributed by atoms with Crippen LogP contribution in [-0.2, 0) is 9.84 Å². The van der Waals surface area contributed by atoms with Crippen molar-refractivity contribution in [2.24, 2.45) is 0 Å². The number of sulfone groups is 1. The fourth-order valence-corrected chi connectivity index (χ4v) is 2.02. The predicted octanol–water partition coefficient (Wildman–Crippen LogP) is 2.05. The first kappa shape index (κ1) is 9.55. The molecule has 0 saturated carbocycles. The van der Waals surface area contributed by atoms with Crippen molar-refractivity contribution in [3.63, 3.8) is 0 Å². The van der Waals surface area contributed by atoms with Crippen LogP contribution in [0.4, 0.5) is 0 Å². The van der Waals surface area contributed by atoms with Crippen molar-refractivity contribution in [1.29, 1.82) is 0 Å². The fourth-order valence-electron chi connectivity index (χ4n) is 0.798. The Bertz CT molecular complexity index is 343. The maximum atomic E-state index is 11.4. The lowest BCUT2D eigenvalue weighted by atomic mass is 10.4. The van der Waals surface area contributed by atoms with Crippen LogP contribution in [0.3, 0.4) is 0 Å². The Morgan fingerprint density at radius 1 is 1.25 bits per heavy atom. The largest absolute Gasteiger partial charge is 0.222 e. The van der Waals surface area contributed by atoms with Gasteiger partial charge in [-0.2, -0.15) is 0 Å². The molecule has 12 heavy (non-hydrogen) atoms. The van der Waals surface area contributed by atoms with Crippen molar-refractivity contribution in [3.8, 4) is 0 Å². The van der Waals surface area contributed by atoms with Gasteiger partial charge in [0, 0.05) is 0 Å². The predicted molar refractivity (Wildman–Crippen MR) is 48.9 cm³/mol. The molecule has 0 radical (unpaired) electrons. The zero-order valence-corrected chi connectivity index (χ0v) is 8.14. The Morgan fingerprint density at radius 3 is 2.17 bits per heavy atom. The standard InChI is InChI=1S/C8H9ClO2S/c1-7(9)12(10,11)8-5-3-2-4-6-8/h2-7H,1H3/t7-/m0/s1. The molecule has 0 aromatic heterocycles. The van der Waals surface area contributed by atoms with E-state index < -0.39 is 14.5 Å². The Labute approximate surface area is 77.1 Å². The Kier molecular flexibility index (Phi) is 2.75. The first-order valence-corrected chi connectivity index (χ1v) is 5.46. The Hall–Kier alpha value is -0.540. The summed E-state index contributed by atoms with van der Waals surface area (Å²) in [6.07, 6.45) is 0. The van der Waals surface area contributed by atoms with Crippen molar-refractivity contribution >= 4 is 21.4 Å². The average Bonchev–Trinajstić information content (AvgIpc) is 2.06. The minimum absolute atomic E-state index is 0.271. The van der Waals surface area contributed by atoms with Crippen LogP contribution >= 0.6 is 11.6 Å². The Balaban J connectivity index is 3.17. The number of halogens is 1. The van der Waals surface area contributed by atoms with Gasteiger partial charge >= 0.3 is 0 Å². The maximum absolute atomic E-state index is 11.4. The summed E-state index contributed by atoms with van der Waals surface area (Å²) in [5.41, 5.74) is 0. The van der Waals surface area contributed by atoms with E-state index in [2.05, 4.69) is 0 Å². The monoisotopic (exact) mass is 204 g/mol. The summed E-state index contributed by atoms with van der Waals surface area (Å²) in [7, 11) is -3.31. The fraction of sp³-hybridized carbons (Fsp3) is 0.250. The normalized spacial score (nSPS) is 14.2. The molecule has 1 aromatic rings. The molecule has 0 aliphatic rings. The number of hydrogen-bond donors (Lipinski definition) is 0. The summed E-state index contributed by atoms with van der Waals surface area (Å²) in [6.45, 7) is 1.45. The molecule has 0 fully saturated rings. The van der Waals surface area contributed by atoms with Crippen molar-refractivity contribution in [2.45, 2.75) is 16.5 Å². The van der Waals surface area contributed by atoms with E-state index in [0.29, 0.717) is 0 Å². The third-order valence-electron chi connectivity index (χ3n) is 1.50. The van der Waals surface area contributed by atoms with Gasteiger partial charge in [0.15, 0.2) is 9.84 Å². The molecule has 0 amide bonds. The molecule has 0 spiro atoms. The summed E-state index contributed by atoms with van der Waals surface area (Å²) in [5, 5.41) is 0. The average molecular weight is 205 g/mol. The maximum Gasteiger partial charge on any atom is 0.194 e. The first-order valence-electron chi connectivity index (χ1n) is 3.48. The van der Waals surface area contributed by atoms with E-state index in [1.165, 1.54) is 19.1 Å². The second kappa shape index (κ2) is 3.46. The zero-order valence-electron chi connectivity index (χ0n) is 6.57. The van der Waals surface area contributed by atoms with Gasteiger partial charge in [-0.15, -0.1) is 11.6 Å². The van der Waals surface area contributed by atoms with Crippen LogP contribution in [0.5, 0.6) is 0 Å². The molecular formula is C8H9ClO2S. The third kappa shape index (κ3) is 1.79. The van der Waals surface area contributed by atoms with Crippen LogP contribution in [0.1, 0.15) is 6.92 Å². The second-order valence-electron chi connectivity index (χ2n) is 2.40. The topological polar surface area (TPSA) is 34.1 Å². The van der Waals surface area contributed by atoms with Crippen LogP contribution in [0.25, 0.3) is 0 Å². The van der Waals surface area contributed by atoms with Crippen molar-refractivity contribution in [3.05, 3.63) is 30.3 Å². The van der Waals surface area contributed by atoms with Gasteiger partial charge in [-0.05, 0) is 19.1 Å². The van der Waals surface area contributed by atoms with Gasteiger partial charge in [0.25, 0.3) is 0 Å². The summed E-state index contributed by atoms with van der Waals surface area (Å²) < 4.78 is 21.9. The second-order valence-corrected chi connectivity index (χ2v) is 5.58. The number of rotatable bonds is 2. The van der Waals surface area contributed by atoms with E-state index in [-0.39, 0.29) is 4.90 Å². The minimum atomic E-state index is -3.31. The van der Waals surface area contributed by atoms with E-state index in [0.717, 1.165) is 0 Å². The van der Waals surface area contributed by atoms with E-state index in [1.807, 2.05) is 0 Å². The van der Waals surface area contributed by atoms with Crippen molar-refractivity contribution in [2.75, 3.05) is 0 Å². The van der Waals surface area contributed by atoms with Gasteiger partial charge in [-0.25, -0.2) is 8.42 Å². The molecule has 0 saturated heterocycles. The van der Waals surface area contributed by atoms with Crippen LogP contribution < -0.4 is 0 Å². The van der Waals surface area contributed by atoms with Crippen LogP contribution in [0.15, 0.2) is 35.2 Å². The molecule has 0 unspecified atom stereocenters. The van der Waals surface area contributed by atoms with E-state index in [1.54, 1.807) is 18.2 Å². The lowest BCUT2D eigenvalue weighted by Gasteiger charge is -2.04. The van der Waals surface area contributed by atoms with Gasteiger partial charge in [-0.1, -0.05) is 18.2 Å². The smallest absolute Gasteiger partial charge is 0.194 e. The van der Waals surface area contributed by atoms with Gasteiger partial charge in [-0.3, -0.25) is 0 Å². The summed E-state index contributed by atoms with van der Waals surface area (Å²) in [4.78, 5) is 0.271. The van der Waals surface area contributed by atoms with Crippen molar-refractivity contribution in [1.82, 2.24) is 0 Å². The molecule has 1 atom stereocenters. The van der Waals surface area contributed by atoms with Gasteiger partial charge in [0.2, 0.25) is 0 Å². The highest BCUT2D eigenvalue weighted by Gasteiger charge is 2.19. The van der Waals surface area contributed by atoms with E-state index in [4.69, 9.17) is 11.6 Å². The lowest BCUT2D eigenvalue weighted by Crippen LogP contribution is -2.11. The molecule has 4 heteroatoms. The SMILES string of the molecule is C[C@@H](Cl)S(=O)(=O)c1ccccc1. The molecule has 0 aliphatic heterocycles. The molecule has 1 rings (SSSR count). The molecule has 0 bridgehead atoms. The van der Waals surface area contributed by atoms with Gasteiger partial charge in [0.05, 0.1) is 4.90 Å². The molecule has 0 N–H and O–H groups in total. The number of benzene rings is 1. The van der Waals surface area contributed by atoms with E-state index in [9.17, 15) is 8.42 Å². The highest BCUT2D eigenvalue weighted by molar-refractivity contribution is 7.93. The highest BCUT2D eigenvalue weighted by atomic mass is 35.5. The number of alkyl halides is 1. The molecule has 2 nitrogen and oxygen atoms in total. The van der Waals surface area contributed by atoms with Crippen LogP contribution in [0, 0.1) is 0 Å². The van der Waals surface area contributed by atoms with Crippen molar-refractivity contribution < 1.29 is 8.42 Å². The number of hydrogen-bond acceptors (Lipinski definition) is 2. The molecule has 66 valence electrons. The zero-order chi connectivity index (χ0) is 9.19. The Morgan fingerprint density at radius 2 is 1.75 bits per heavy atom. The minimum Gasteiger partial charge on any atom is -0.222 e. The molecule has 0 aliphatic carbocycles. The molecule has 1 aromatic carbocycles. The first-order chi connectivity index (χ1) is 5.55. The molecular weight excluding hydrogens is 196 g/mol. The van der Waals surface area contributed by atoms with Crippen LogP contribution in [-0.4, -0.2) is 13.1 Å². The summed E-state index contributed by atoms with van der Waals surface area (Å²) in [5.74, 6) is 0. The van der Waals surface area contributed by atoms with E-state index >= 15 is 0 Å². The lowest BCUT2D eigenvalue weighted by molar-refractivity contribution is 0.594. The molecule has 0 heterocycles. The summed E-state index contributed by atoms with van der Waals surface area (Å²) >= 11 is 5.52.